The van der Waals surface area contributed by atoms with Gasteiger partial charge in [-0.3, -0.25) is 19.2 Å². The standard InChI is InChI=1S/C28H25F2N3O5/c1-16-7-10-23(34)22-14-32(16)28(37)24-26(38-15-17-5-3-2-4-6-17)25(35)20(13-33(22)24)27(36)31-12-18-8-9-19(29)11-21(18)30/h2-6,8-9,11,13,16,22H,7,10,12,14-15H2,1H3,(H,31,36)/t16-,22+/m0/s1. The number of nitrogens with zero attached hydrogens (tertiary/aromatic N) is 2. The number of pyridine rings is 1. The molecule has 196 valence electrons. The lowest BCUT2D eigenvalue weighted by Crippen LogP contribution is -2.48. The van der Waals surface area contributed by atoms with E-state index in [0.717, 1.165) is 11.6 Å². The molecule has 5 rings (SSSR count). The first-order valence-electron chi connectivity index (χ1n) is 12.3. The molecule has 0 saturated carbocycles. The van der Waals surface area contributed by atoms with Crippen molar-refractivity contribution in [3.8, 4) is 5.75 Å². The number of fused-ring (bicyclic) bond motifs is 4. The molecule has 10 heteroatoms. The van der Waals surface area contributed by atoms with Crippen LogP contribution in [0.1, 0.15) is 57.8 Å². The van der Waals surface area contributed by atoms with Gasteiger partial charge in [-0.25, -0.2) is 8.78 Å². The average molecular weight is 522 g/mol. The van der Waals surface area contributed by atoms with Crippen LogP contribution in [0.3, 0.4) is 0 Å². The Labute approximate surface area is 216 Å². The Bertz CT molecular complexity index is 1490. The van der Waals surface area contributed by atoms with Gasteiger partial charge in [0.05, 0.1) is 0 Å². The SMILES string of the molecule is C[C@H]1CCC(=O)[C@H]2CN1C(=O)c1c(OCc3ccccc3)c(=O)c(C(=O)NCc3ccc(F)cc3F)cn12. The summed E-state index contributed by atoms with van der Waals surface area (Å²) in [7, 11) is 0. The number of hydrogen-bond acceptors (Lipinski definition) is 5. The Balaban J connectivity index is 1.56. The molecular formula is C28H25F2N3O5. The lowest BCUT2D eigenvalue weighted by Gasteiger charge is -2.36. The summed E-state index contributed by atoms with van der Waals surface area (Å²) < 4.78 is 34.6. The number of halogens is 2. The molecular weight excluding hydrogens is 496 g/mol. The van der Waals surface area contributed by atoms with Crippen molar-refractivity contribution in [3.05, 3.63) is 99.0 Å². The van der Waals surface area contributed by atoms with Crippen molar-refractivity contribution in [3.63, 3.8) is 0 Å². The molecule has 0 radical (unpaired) electrons. The number of carbonyl (C=O) groups is 3. The Morgan fingerprint density at radius 3 is 2.61 bits per heavy atom. The summed E-state index contributed by atoms with van der Waals surface area (Å²) in [5, 5.41) is 2.47. The van der Waals surface area contributed by atoms with Gasteiger partial charge in [-0.15, -0.1) is 0 Å². The Morgan fingerprint density at radius 1 is 1.11 bits per heavy atom. The maximum absolute atomic E-state index is 14.1. The fraction of sp³-hybridized carbons (Fsp3) is 0.286. The van der Waals surface area contributed by atoms with E-state index >= 15 is 0 Å². The highest BCUT2D eigenvalue weighted by molar-refractivity contribution is 6.01. The summed E-state index contributed by atoms with van der Waals surface area (Å²) in [5.41, 5.74) is -0.497. The Morgan fingerprint density at radius 2 is 1.87 bits per heavy atom. The van der Waals surface area contributed by atoms with Crippen LogP contribution in [0.25, 0.3) is 0 Å². The van der Waals surface area contributed by atoms with Crippen molar-refractivity contribution in [1.82, 2.24) is 14.8 Å². The molecule has 1 N–H and O–H groups in total. The number of hydrogen-bond donors (Lipinski definition) is 1. The fourth-order valence-corrected chi connectivity index (χ4v) is 4.83. The third-order valence-electron chi connectivity index (χ3n) is 7.00. The summed E-state index contributed by atoms with van der Waals surface area (Å²) in [6, 6.07) is 10.9. The lowest BCUT2D eigenvalue weighted by molar-refractivity contribution is -0.122. The molecule has 3 heterocycles. The number of amides is 2. The van der Waals surface area contributed by atoms with Crippen LogP contribution in [-0.4, -0.2) is 39.7 Å². The van der Waals surface area contributed by atoms with Gasteiger partial charge < -0.3 is 19.5 Å². The van der Waals surface area contributed by atoms with Crippen LogP contribution in [0.2, 0.25) is 0 Å². The number of carbonyl (C=O) groups excluding carboxylic acids is 3. The Kier molecular flexibility index (Phi) is 6.79. The second-order valence-electron chi connectivity index (χ2n) is 9.48. The second kappa shape index (κ2) is 10.2. The number of rotatable bonds is 6. The van der Waals surface area contributed by atoms with Gasteiger partial charge in [0, 0.05) is 43.4 Å². The predicted molar refractivity (Wildman–Crippen MR) is 133 cm³/mol. The van der Waals surface area contributed by atoms with E-state index in [-0.39, 0.29) is 60.5 Å². The van der Waals surface area contributed by atoms with Crippen molar-refractivity contribution >= 4 is 17.6 Å². The molecule has 3 aromatic rings. The summed E-state index contributed by atoms with van der Waals surface area (Å²) in [6.07, 6.45) is 1.93. The molecule has 1 aromatic heterocycles. The number of benzene rings is 2. The molecule has 38 heavy (non-hydrogen) atoms. The van der Waals surface area contributed by atoms with Crippen molar-refractivity contribution < 1.29 is 27.9 Å². The minimum absolute atomic E-state index is 0.0251. The molecule has 0 spiro atoms. The minimum atomic E-state index is -0.845. The zero-order valence-electron chi connectivity index (χ0n) is 20.6. The van der Waals surface area contributed by atoms with E-state index in [2.05, 4.69) is 5.32 Å². The Hall–Kier alpha value is -4.34. The first-order chi connectivity index (χ1) is 18.2. The zero-order chi connectivity index (χ0) is 27.0. The maximum atomic E-state index is 14.1. The van der Waals surface area contributed by atoms with Crippen LogP contribution < -0.4 is 15.5 Å². The van der Waals surface area contributed by atoms with Crippen LogP contribution in [0.5, 0.6) is 5.75 Å². The topological polar surface area (TPSA) is 97.7 Å². The third kappa shape index (κ3) is 4.69. The van der Waals surface area contributed by atoms with E-state index in [1.54, 1.807) is 29.2 Å². The average Bonchev–Trinajstić information content (AvgIpc) is 3.03. The lowest BCUT2D eigenvalue weighted by atomic mass is 10.0. The van der Waals surface area contributed by atoms with E-state index in [0.29, 0.717) is 12.5 Å². The smallest absolute Gasteiger partial charge is 0.274 e. The van der Waals surface area contributed by atoms with Crippen LogP contribution >= 0.6 is 0 Å². The molecule has 2 aliphatic rings. The first-order valence-corrected chi connectivity index (χ1v) is 12.3. The number of Topliss-reactive ketones (excluding diaryl/α,β-unsaturated/α-hetero) is 1. The molecule has 0 unspecified atom stereocenters. The van der Waals surface area contributed by atoms with Crippen molar-refractivity contribution in [2.45, 2.75) is 45.0 Å². The number of nitrogens with one attached hydrogen (secondary N) is 1. The molecule has 0 aliphatic carbocycles. The molecule has 2 amide bonds. The van der Waals surface area contributed by atoms with Crippen molar-refractivity contribution in [2.24, 2.45) is 0 Å². The molecule has 1 fully saturated rings. The van der Waals surface area contributed by atoms with Gasteiger partial charge in [-0.05, 0) is 25.0 Å². The summed E-state index contributed by atoms with van der Waals surface area (Å²) in [6.45, 7) is 1.62. The quantitative estimate of drug-likeness (QED) is 0.537. The van der Waals surface area contributed by atoms with Crippen molar-refractivity contribution in [1.29, 1.82) is 0 Å². The van der Waals surface area contributed by atoms with Gasteiger partial charge in [-0.2, -0.15) is 0 Å². The highest BCUT2D eigenvalue weighted by atomic mass is 19.1. The first kappa shape index (κ1) is 25.3. The molecule has 1 saturated heterocycles. The van der Waals surface area contributed by atoms with E-state index in [9.17, 15) is 28.0 Å². The van der Waals surface area contributed by atoms with Gasteiger partial charge in [-0.1, -0.05) is 36.4 Å². The maximum Gasteiger partial charge on any atom is 0.274 e. The number of ether oxygens (including phenoxy) is 1. The summed E-state index contributed by atoms with van der Waals surface area (Å²) in [4.78, 5) is 54.8. The van der Waals surface area contributed by atoms with Crippen molar-refractivity contribution in [2.75, 3.05) is 6.54 Å². The third-order valence-corrected chi connectivity index (χ3v) is 7.00. The van der Waals surface area contributed by atoms with Gasteiger partial charge in [0.25, 0.3) is 11.8 Å². The molecule has 8 nitrogen and oxygen atoms in total. The van der Waals surface area contributed by atoms with E-state index in [1.165, 1.54) is 16.8 Å². The van der Waals surface area contributed by atoms with Crippen LogP contribution in [0, 0.1) is 11.6 Å². The van der Waals surface area contributed by atoms with E-state index in [4.69, 9.17) is 4.74 Å². The largest absolute Gasteiger partial charge is 0.483 e. The van der Waals surface area contributed by atoms with Crippen LogP contribution in [-0.2, 0) is 17.9 Å². The van der Waals surface area contributed by atoms with Gasteiger partial charge in [0.15, 0.2) is 17.2 Å². The van der Waals surface area contributed by atoms with Gasteiger partial charge in [0.2, 0.25) is 5.43 Å². The number of aromatic nitrogens is 1. The normalized spacial score (nSPS) is 18.6. The fourth-order valence-electron chi connectivity index (χ4n) is 4.83. The number of ketones is 1. The van der Waals surface area contributed by atoms with Gasteiger partial charge >= 0.3 is 0 Å². The highest BCUT2D eigenvalue weighted by Gasteiger charge is 2.42. The summed E-state index contributed by atoms with van der Waals surface area (Å²) in [5.74, 6) is -3.34. The van der Waals surface area contributed by atoms with Crippen LogP contribution in [0.4, 0.5) is 8.78 Å². The molecule has 2 aliphatic heterocycles. The monoisotopic (exact) mass is 521 g/mol. The van der Waals surface area contributed by atoms with E-state index < -0.39 is 34.9 Å². The summed E-state index contributed by atoms with van der Waals surface area (Å²) >= 11 is 0. The zero-order valence-corrected chi connectivity index (χ0v) is 20.6. The van der Waals surface area contributed by atoms with E-state index in [1.807, 2.05) is 13.0 Å². The molecule has 2 aromatic carbocycles. The molecule has 2 bridgehead atoms. The molecule has 2 atom stereocenters. The highest BCUT2D eigenvalue weighted by Crippen LogP contribution is 2.33. The predicted octanol–water partition coefficient (Wildman–Crippen LogP) is 3.38. The minimum Gasteiger partial charge on any atom is -0.483 e. The second-order valence-corrected chi connectivity index (χ2v) is 9.48. The van der Waals surface area contributed by atoms with Crippen LogP contribution in [0.15, 0.2) is 59.5 Å². The van der Waals surface area contributed by atoms with Gasteiger partial charge in [0.1, 0.15) is 29.8 Å².